The lowest BCUT2D eigenvalue weighted by Gasteiger charge is -2.25. The van der Waals surface area contributed by atoms with Gasteiger partial charge >= 0.3 is 11.9 Å². The Morgan fingerprint density at radius 1 is 1.33 bits per heavy atom. The largest absolute Gasteiger partial charge is 0.481 e. The lowest BCUT2D eigenvalue weighted by atomic mass is 9.91. The van der Waals surface area contributed by atoms with Crippen LogP contribution in [-0.2, 0) is 9.59 Å². The third kappa shape index (κ3) is 3.04. The van der Waals surface area contributed by atoms with E-state index in [0.29, 0.717) is 19.5 Å². The molecule has 6 heteroatoms. The van der Waals surface area contributed by atoms with Crippen LogP contribution in [0.3, 0.4) is 0 Å². The summed E-state index contributed by atoms with van der Waals surface area (Å²) in [4.78, 5) is 26.6. The minimum absolute atomic E-state index is 0.236. The number of piperidine rings is 1. The lowest BCUT2D eigenvalue weighted by Crippen LogP contribution is -2.43. The average molecular weight is 250 g/mol. The standard InChI is InChI=1S/C12H14N2O4/c15-11(16)8-5-9(7-13-6-8)12(17)18-10-3-1-2-4-14-10/h1-4,8-9,13H,5-7H2,(H,15,16). The maximum Gasteiger partial charge on any atom is 0.316 e. The van der Waals surface area contributed by atoms with Gasteiger partial charge in [0.15, 0.2) is 0 Å². The van der Waals surface area contributed by atoms with Crippen molar-refractivity contribution >= 4 is 11.9 Å². The van der Waals surface area contributed by atoms with Crippen LogP contribution in [0, 0.1) is 11.8 Å². The predicted octanol–water partition coefficient (Wildman–Crippen LogP) is 0.297. The number of carbonyl (C=O) groups excluding carboxylic acids is 1. The third-order valence-electron chi connectivity index (χ3n) is 2.88. The first-order chi connectivity index (χ1) is 8.66. The van der Waals surface area contributed by atoms with E-state index in [1.807, 2.05) is 0 Å². The summed E-state index contributed by atoms with van der Waals surface area (Å²) in [6.07, 6.45) is 1.83. The minimum atomic E-state index is -0.891. The summed E-state index contributed by atoms with van der Waals surface area (Å²) in [5.41, 5.74) is 0. The molecule has 2 rings (SSSR count). The number of nitrogens with zero attached hydrogens (tertiary/aromatic N) is 1. The second-order valence-corrected chi connectivity index (χ2v) is 4.22. The zero-order chi connectivity index (χ0) is 13.0. The summed E-state index contributed by atoms with van der Waals surface area (Å²) >= 11 is 0. The number of aromatic nitrogens is 1. The number of hydrogen-bond acceptors (Lipinski definition) is 5. The second-order valence-electron chi connectivity index (χ2n) is 4.22. The van der Waals surface area contributed by atoms with Gasteiger partial charge in [-0.1, -0.05) is 6.07 Å². The van der Waals surface area contributed by atoms with Crippen LogP contribution in [0.25, 0.3) is 0 Å². The number of nitrogens with one attached hydrogen (secondary N) is 1. The number of carboxylic acid groups (broad SMARTS) is 1. The zero-order valence-electron chi connectivity index (χ0n) is 9.70. The van der Waals surface area contributed by atoms with Crippen molar-refractivity contribution in [2.75, 3.05) is 13.1 Å². The zero-order valence-corrected chi connectivity index (χ0v) is 9.70. The highest BCUT2D eigenvalue weighted by molar-refractivity contribution is 5.77. The van der Waals surface area contributed by atoms with Gasteiger partial charge in [0, 0.05) is 25.4 Å². The molecule has 2 unspecified atom stereocenters. The molecule has 2 N–H and O–H groups in total. The Balaban J connectivity index is 1.95. The molecule has 1 aromatic rings. The van der Waals surface area contributed by atoms with Crippen molar-refractivity contribution in [2.45, 2.75) is 6.42 Å². The number of hydrogen-bond donors (Lipinski definition) is 2. The molecule has 2 heterocycles. The minimum Gasteiger partial charge on any atom is -0.481 e. The van der Waals surface area contributed by atoms with E-state index >= 15 is 0 Å². The van der Waals surface area contributed by atoms with Crippen LogP contribution < -0.4 is 10.1 Å². The van der Waals surface area contributed by atoms with Crippen molar-refractivity contribution < 1.29 is 19.4 Å². The van der Waals surface area contributed by atoms with Crippen molar-refractivity contribution in [3.8, 4) is 5.88 Å². The Morgan fingerprint density at radius 2 is 2.11 bits per heavy atom. The number of rotatable bonds is 3. The first kappa shape index (κ1) is 12.5. The summed E-state index contributed by atoms with van der Waals surface area (Å²) in [7, 11) is 0. The van der Waals surface area contributed by atoms with E-state index in [9.17, 15) is 9.59 Å². The number of aliphatic carboxylic acids is 1. The lowest BCUT2D eigenvalue weighted by molar-refractivity contribution is -0.145. The topological polar surface area (TPSA) is 88.5 Å². The molecule has 18 heavy (non-hydrogen) atoms. The molecule has 0 aliphatic carbocycles. The molecular weight excluding hydrogens is 236 g/mol. The number of carboxylic acids is 1. The molecule has 0 saturated carbocycles. The Hall–Kier alpha value is -1.95. The van der Waals surface area contributed by atoms with Crippen molar-refractivity contribution in [1.82, 2.24) is 10.3 Å². The highest BCUT2D eigenvalue weighted by Gasteiger charge is 2.32. The van der Waals surface area contributed by atoms with Gasteiger partial charge in [-0.25, -0.2) is 4.98 Å². The van der Waals surface area contributed by atoms with Gasteiger partial charge in [-0.15, -0.1) is 0 Å². The summed E-state index contributed by atoms with van der Waals surface area (Å²) in [6.45, 7) is 0.831. The van der Waals surface area contributed by atoms with Crippen LogP contribution in [0.4, 0.5) is 0 Å². The van der Waals surface area contributed by atoms with E-state index in [0.717, 1.165) is 0 Å². The first-order valence-corrected chi connectivity index (χ1v) is 5.73. The third-order valence-corrected chi connectivity index (χ3v) is 2.88. The fourth-order valence-corrected chi connectivity index (χ4v) is 1.90. The normalized spacial score (nSPS) is 23.3. The number of pyridine rings is 1. The Kier molecular flexibility index (Phi) is 3.88. The molecule has 0 aromatic carbocycles. The Labute approximate surface area is 104 Å². The van der Waals surface area contributed by atoms with Gasteiger partial charge in [0.2, 0.25) is 5.88 Å². The molecule has 1 aromatic heterocycles. The van der Waals surface area contributed by atoms with E-state index in [1.165, 1.54) is 6.20 Å². The molecule has 6 nitrogen and oxygen atoms in total. The molecule has 1 saturated heterocycles. The summed E-state index contributed by atoms with van der Waals surface area (Å²) in [5, 5.41) is 11.9. The van der Waals surface area contributed by atoms with E-state index in [1.54, 1.807) is 18.2 Å². The van der Waals surface area contributed by atoms with Crippen LogP contribution in [0.2, 0.25) is 0 Å². The molecule has 1 aliphatic rings. The van der Waals surface area contributed by atoms with E-state index < -0.39 is 23.8 Å². The highest BCUT2D eigenvalue weighted by atomic mass is 16.5. The van der Waals surface area contributed by atoms with Gasteiger partial charge in [-0.2, -0.15) is 0 Å². The molecular formula is C12H14N2O4. The van der Waals surface area contributed by atoms with Gasteiger partial charge in [-0.3, -0.25) is 9.59 Å². The van der Waals surface area contributed by atoms with Crippen LogP contribution in [0.1, 0.15) is 6.42 Å². The molecule has 1 fully saturated rings. The maximum atomic E-state index is 11.8. The smallest absolute Gasteiger partial charge is 0.316 e. The fraction of sp³-hybridized carbons (Fsp3) is 0.417. The molecule has 0 bridgehead atoms. The molecule has 2 atom stereocenters. The van der Waals surface area contributed by atoms with Crippen LogP contribution >= 0.6 is 0 Å². The van der Waals surface area contributed by atoms with E-state index in [-0.39, 0.29) is 5.88 Å². The Bertz CT molecular complexity index is 435. The monoisotopic (exact) mass is 250 g/mol. The van der Waals surface area contributed by atoms with Gasteiger partial charge < -0.3 is 15.2 Å². The van der Waals surface area contributed by atoms with Gasteiger partial charge in [0.25, 0.3) is 0 Å². The average Bonchev–Trinajstić information content (AvgIpc) is 2.40. The number of esters is 1. The van der Waals surface area contributed by atoms with Gasteiger partial charge in [0.1, 0.15) is 0 Å². The molecule has 96 valence electrons. The van der Waals surface area contributed by atoms with Crippen LogP contribution in [0.15, 0.2) is 24.4 Å². The van der Waals surface area contributed by atoms with Crippen molar-refractivity contribution in [3.05, 3.63) is 24.4 Å². The number of ether oxygens (including phenoxy) is 1. The Morgan fingerprint density at radius 3 is 2.78 bits per heavy atom. The van der Waals surface area contributed by atoms with E-state index in [4.69, 9.17) is 9.84 Å². The van der Waals surface area contributed by atoms with Crippen LogP contribution in [-0.4, -0.2) is 35.1 Å². The van der Waals surface area contributed by atoms with Gasteiger partial charge in [0.05, 0.1) is 11.8 Å². The quantitative estimate of drug-likeness (QED) is 0.750. The van der Waals surface area contributed by atoms with Gasteiger partial charge in [-0.05, 0) is 12.5 Å². The SMILES string of the molecule is O=C(O)C1CNCC(C(=O)Oc2ccccn2)C1. The number of carbonyl (C=O) groups is 2. The van der Waals surface area contributed by atoms with Crippen molar-refractivity contribution in [2.24, 2.45) is 11.8 Å². The first-order valence-electron chi connectivity index (χ1n) is 5.73. The van der Waals surface area contributed by atoms with E-state index in [2.05, 4.69) is 10.3 Å². The molecule has 0 radical (unpaired) electrons. The highest BCUT2D eigenvalue weighted by Crippen LogP contribution is 2.19. The fourth-order valence-electron chi connectivity index (χ4n) is 1.90. The molecule has 1 aliphatic heterocycles. The predicted molar refractivity (Wildman–Crippen MR) is 62.0 cm³/mol. The summed E-state index contributed by atoms with van der Waals surface area (Å²) < 4.78 is 5.10. The van der Waals surface area contributed by atoms with Crippen molar-refractivity contribution in [1.29, 1.82) is 0 Å². The maximum absolute atomic E-state index is 11.8. The summed E-state index contributed by atoms with van der Waals surface area (Å²) in [6, 6.07) is 5.03. The molecule has 0 amide bonds. The summed E-state index contributed by atoms with van der Waals surface area (Å²) in [5.74, 6) is -2.08. The molecule has 0 spiro atoms. The van der Waals surface area contributed by atoms with Crippen molar-refractivity contribution in [3.63, 3.8) is 0 Å². The second kappa shape index (κ2) is 5.59. The van der Waals surface area contributed by atoms with Crippen LogP contribution in [0.5, 0.6) is 5.88 Å².